The van der Waals surface area contributed by atoms with Gasteiger partial charge in [0.05, 0.1) is 16.1 Å². The molecule has 100 valence electrons. The summed E-state index contributed by atoms with van der Waals surface area (Å²) in [7, 11) is 0. The van der Waals surface area contributed by atoms with Crippen molar-refractivity contribution in [3.63, 3.8) is 0 Å². The minimum atomic E-state index is 0.0865. The van der Waals surface area contributed by atoms with E-state index < -0.39 is 0 Å². The standard InChI is InChI=1S/C15H16Cl2N2/c1-2-7-19-15(12-4-3-8-18-10-12)11-5-6-13(16)14(17)9-11/h3-6,8-10,15,19H,2,7H2,1H3. The van der Waals surface area contributed by atoms with Crippen LogP contribution in [-0.4, -0.2) is 11.5 Å². The highest BCUT2D eigenvalue weighted by Crippen LogP contribution is 2.28. The van der Waals surface area contributed by atoms with Crippen LogP contribution in [0, 0.1) is 0 Å². The molecule has 0 radical (unpaired) electrons. The monoisotopic (exact) mass is 294 g/mol. The molecule has 19 heavy (non-hydrogen) atoms. The van der Waals surface area contributed by atoms with E-state index in [0.717, 1.165) is 24.1 Å². The third-order valence-corrected chi connectivity index (χ3v) is 3.63. The average Bonchev–Trinajstić information content (AvgIpc) is 2.44. The Hall–Kier alpha value is -1.09. The summed E-state index contributed by atoms with van der Waals surface area (Å²) >= 11 is 12.1. The van der Waals surface area contributed by atoms with Gasteiger partial charge in [-0.3, -0.25) is 4.98 Å². The summed E-state index contributed by atoms with van der Waals surface area (Å²) in [5.74, 6) is 0. The van der Waals surface area contributed by atoms with Crippen LogP contribution in [0.5, 0.6) is 0 Å². The van der Waals surface area contributed by atoms with Gasteiger partial charge in [0.2, 0.25) is 0 Å². The van der Waals surface area contributed by atoms with Gasteiger partial charge in [-0.15, -0.1) is 0 Å². The maximum absolute atomic E-state index is 6.10. The van der Waals surface area contributed by atoms with Gasteiger partial charge >= 0.3 is 0 Å². The van der Waals surface area contributed by atoms with Crippen LogP contribution in [0.1, 0.15) is 30.5 Å². The number of halogens is 2. The molecule has 0 spiro atoms. The normalized spacial score (nSPS) is 12.4. The van der Waals surface area contributed by atoms with Crippen LogP contribution in [0.4, 0.5) is 0 Å². The number of rotatable bonds is 5. The van der Waals surface area contributed by atoms with Crippen molar-refractivity contribution in [1.29, 1.82) is 0 Å². The molecular formula is C15H16Cl2N2. The molecule has 0 saturated carbocycles. The summed E-state index contributed by atoms with van der Waals surface area (Å²) < 4.78 is 0. The van der Waals surface area contributed by atoms with Gasteiger partial charge in [-0.2, -0.15) is 0 Å². The number of pyridine rings is 1. The molecular weight excluding hydrogens is 279 g/mol. The minimum Gasteiger partial charge on any atom is -0.306 e. The Bertz CT molecular complexity index is 529. The Kier molecular flexibility index (Phi) is 5.20. The molecule has 4 heteroatoms. The zero-order valence-electron chi connectivity index (χ0n) is 10.7. The van der Waals surface area contributed by atoms with Crippen molar-refractivity contribution < 1.29 is 0 Å². The molecule has 1 heterocycles. The van der Waals surface area contributed by atoms with Gasteiger partial charge in [-0.1, -0.05) is 42.3 Å². The summed E-state index contributed by atoms with van der Waals surface area (Å²) in [4.78, 5) is 4.18. The first-order valence-corrected chi connectivity index (χ1v) is 7.06. The predicted octanol–water partition coefficient (Wildman–Crippen LogP) is 4.48. The Morgan fingerprint density at radius 3 is 2.63 bits per heavy atom. The molecule has 2 rings (SSSR count). The number of aromatic nitrogens is 1. The van der Waals surface area contributed by atoms with Gasteiger partial charge in [0.25, 0.3) is 0 Å². The van der Waals surface area contributed by atoms with Gasteiger partial charge in [0.1, 0.15) is 0 Å². The molecule has 1 atom stereocenters. The summed E-state index contributed by atoms with van der Waals surface area (Å²) in [5.41, 5.74) is 2.21. The zero-order valence-corrected chi connectivity index (χ0v) is 12.2. The number of hydrogen-bond donors (Lipinski definition) is 1. The largest absolute Gasteiger partial charge is 0.306 e. The predicted molar refractivity (Wildman–Crippen MR) is 80.8 cm³/mol. The smallest absolute Gasteiger partial charge is 0.0595 e. The summed E-state index contributed by atoms with van der Waals surface area (Å²) in [6, 6.07) is 9.81. The van der Waals surface area contributed by atoms with Crippen molar-refractivity contribution in [2.75, 3.05) is 6.54 Å². The Balaban J connectivity index is 2.34. The quantitative estimate of drug-likeness (QED) is 0.880. The molecule has 1 aromatic carbocycles. The van der Waals surface area contributed by atoms with Crippen molar-refractivity contribution in [2.24, 2.45) is 0 Å². The number of hydrogen-bond acceptors (Lipinski definition) is 2. The van der Waals surface area contributed by atoms with Gasteiger partial charge in [-0.25, -0.2) is 0 Å². The van der Waals surface area contributed by atoms with Crippen molar-refractivity contribution in [2.45, 2.75) is 19.4 Å². The summed E-state index contributed by atoms with van der Waals surface area (Å²) in [5, 5.41) is 4.66. The van der Waals surface area contributed by atoms with E-state index in [9.17, 15) is 0 Å². The fourth-order valence-electron chi connectivity index (χ4n) is 1.96. The van der Waals surface area contributed by atoms with E-state index in [2.05, 4.69) is 23.3 Å². The lowest BCUT2D eigenvalue weighted by molar-refractivity contribution is 0.597. The SMILES string of the molecule is CCCNC(c1cccnc1)c1ccc(Cl)c(Cl)c1. The van der Waals surface area contributed by atoms with Crippen molar-refractivity contribution in [1.82, 2.24) is 10.3 Å². The minimum absolute atomic E-state index is 0.0865. The maximum Gasteiger partial charge on any atom is 0.0595 e. The van der Waals surface area contributed by atoms with Gasteiger partial charge in [0.15, 0.2) is 0 Å². The second kappa shape index (κ2) is 6.90. The van der Waals surface area contributed by atoms with Crippen LogP contribution in [0.2, 0.25) is 10.0 Å². The first-order chi connectivity index (χ1) is 9.22. The number of benzene rings is 1. The van der Waals surface area contributed by atoms with Gasteiger partial charge in [0, 0.05) is 12.4 Å². The molecule has 0 saturated heterocycles. The van der Waals surface area contributed by atoms with E-state index in [1.54, 1.807) is 6.20 Å². The molecule has 0 aliphatic rings. The second-order valence-electron chi connectivity index (χ2n) is 4.35. The van der Waals surface area contributed by atoms with Crippen LogP contribution in [0.25, 0.3) is 0 Å². The fourth-order valence-corrected chi connectivity index (χ4v) is 2.26. The van der Waals surface area contributed by atoms with Crippen LogP contribution in [0.15, 0.2) is 42.7 Å². The molecule has 2 nitrogen and oxygen atoms in total. The molecule has 0 aliphatic heterocycles. The van der Waals surface area contributed by atoms with E-state index in [4.69, 9.17) is 23.2 Å². The Morgan fingerprint density at radius 1 is 1.16 bits per heavy atom. The highest BCUT2D eigenvalue weighted by molar-refractivity contribution is 6.42. The van der Waals surface area contributed by atoms with Crippen LogP contribution in [-0.2, 0) is 0 Å². The topological polar surface area (TPSA) is 24.9 Å². The highest BCUT2D eigenvalue weighted by atomic mass is 35.5. The molecule has 0 aliphatic carbocycles. The van der Waals surface area contributed by atoms with E-state index in [1.807, 2.05) is 30.5 Å². The van der Waals surface area contributed by atoms with E-state index >= 15 is 0 Å². The fraction of sp³-hybridized carbons (Fsp3) is 0.267. The van der Waals surface area contributed by atoms with Crippen molar-refractivity contribution >= 4 is 23.2 Å². The van der Waals surface area contributed by atoms with Gasteiger partial charge < -0.3 is 5.32 Å². The van der Waals surface area contributed by atoms with Gasteiger partial charge in [-0.05, 0) is 42.3 Å². The van der Waals surface area contributed by atoms with Crippen LogP contribution in [0.3, 0.4) is 0 Å². The lowest BCUT2D eigenvalue weighted by Crippen LogP contribution is -2.23. The molecule has 1 N–H and O–H groups in total. The van der Waals surface area contributed by atoms with Crippen LogP contribution >= 0.6 is 23.2 Å². The summed E-state index contributed by atoms with van der Waals surface area (Å²) in [6.07, 6.45) is 4.71. The first-order valence-electron chi connectivity index (χ1n) is 6.30. The molecule has 1 unspecified atom stereocenters. The maximum atomic E-state index is 6.10. The zero-order chi connectivity index (χ0) is 13.7. The first kappa shape index (κ1) is 14.3. The molecule has 2 aromatic rings. The summed E-state index contributed by atoms with van der Waals surface area (Å²) in [6.45, 7) is 3.07. The Labute approximate surface area is 123 Å². The van der Waals surface area contributed by atoms with E-state index in [-0.39, 0.29) is 6.04 Å². The van der Waals surface area contributed by atoms with Crippen molar-refractivity contribution in [3.05, 3.63) is 63.9 Å². The number of nitrogens with zero attached hydrogens (tertiary/aromatic N) is 1. The molecule has 1 aromatic heterocycles. The van der Waals surface area contributed by atoms with Crippen molar-refractivity contribution in [3.8, 4) is 0 Å². The average molecular weight is 295 g/mol. The van der Waals surface area contributed by atoms with E-state index in [0.29, 0.717) is 10.0 Å². The molecule has 0 fully saturated rings. The number of nitrogens with one attached hydrogen (secondary N) is 1. The lowest BCUT2D eigenvalue weighted by Gasteiger charge is -2.19. The third kappa shape index (κ3) is 3.69. The lowest BCUT2D eigenvalue weighted by atomic mass is 10.00. The highest BCUT2D eigenvalue weighted by Gasteiger charge is 2.14. The molecule has 0 bridgehead atoms. The second-order valence-corrected chi connectivity index (χ2v) is 5.16. The van der Waals surface area contributed by atoms with Crippen LogP contribution < -0.4 is 5.32 Å². The Morgan fingerprint density at radius 2 is 2.00 bits per heavy atom. The third-order valence-electron chi connectivity index (χ3n) is 2.89. The van der Waals surface area contributed by atoms with E-state index in [1.165, 1.54) is 0 Å². The molecule has 0 amide bonds.